The van der Waals surface area contributed by atoms with E-state index in [4.69, 9.17) is 32.7 Å². The minimum atomic E-state index is -0.966. The van der Waals surface area contributed by atoms with Crippen molar-refractivity contribution >= 4 is 34.5 Å². The molecule has 0 bridgehead atoms. The molecule has 0 fully saturated rings. The minimum absolute atomic E-state index is 0.186. The van der Waals surface area contributed by atoms with E-state index in [-0.39, 0.29) is 11.6 Å². The monoisotopic (exact) mass is 355 g/mol. The van der Waals surface area contributed by atoms with Gasteiger partial charge in [-0.15, -0.1) is 0 Å². The first-order valence-corrected chi connectivity index (χ1v) is 7.43. The summed E-state index contributed by atoms with van der Waals surface area (Å²) in [5.41, 5.74) is -1.54. The molecule has 6 nitrogen and oxygen atoms in total. The molecule has 122 valence electrons. The van der Waals surface area contributed by atoms with Gasteiger partial charge in [0.15, 0.2) is 5.76 Å². The molecule has 0 amide bonds. The lowest BCUT2D eigenvalue weighted by atomic mass is 9.94. The summed E-state index contributed by atoms with van der Waals surface area (Å²) < 4.78 is 12.4. The van der Waals surface area contributed by atoms with Gasteiger partial charge in [-0.2, -0.15) is 9.78 Å². The summed E-state index contributed by atoms with van der Waals surface area (Å²) in [7, 11) is 0. The lowest BCUT2D eigenvalue weighted by Gasteiger charge is -2.24. The largest absolute Gasteiger partial charge is 0.436 e. The van der Waals surface area contributed by atoms with E-state index in [0.717, 1.165) is 0 Å². The van der Waals surface area contributed by atoms with Gasteiger partial charge in [-0.3, -0.25) is 0 Å². The highest BCUT2D eigenvalue weighted by atomic mass is 35.5. The Morgan fingerprint density at radius 2 is 1.87 bits per heavy atom. The fourth-order valence-electron chi connectivity index (χ4n) is 1.72. The second-order valence-corrected chi connectivity index (χ2v) is 6.37. The van der Waals surface area contributed by atoms with Crippen LogP contribution in [-0.4, -0.2) is 20.2 Å². The standard InChI is InChI=1S/C15H15Cl2N3O3/c1-15(2,3)12(23-14(17)21)13(20-9-18-8-19-20)22-11-6-4-10(16)5-7-11/h4-9H,1-3H3. The molecule has 0 saturated heterocycles. The van der Waals surface area contributed by atoms with Gasteiger partial charge >= 0.3 is 5.43 Å². The van der Waals surface area contributed by atoms with Gasteiger partial charge in [0.2, 0.25) is 0 Å². The van der Waals surface area contributed by atoms with E-state index in [2.05, 4.69) is 10.1 Å². The zero-order chi connectivity index (χ0) is 17.0. The molecule has 0 N–H and O–H groups in total. The number of aromatic nitrogens is 3. The van der Waals surface area contributed by atoms with Crippen LogP contribution in [-0.2, 0) is 4.74 Å². The third-order valence-electron chi connectivity index (χ3n) is 2.71. The fraction of sp³-hybridized carbons (Fsp3) is 0.267. The second kappa shape index (κ2) is 7.02. The molecule has 0 radical (unpaired) electrons. The zero-order valence-electron chi connectivity index (χ0n) is 12.8. The molecular weight excluding hydrogens is 341 g/mol. The topological polar surface area (TPSA) is 66.2 Å². The van der Waals surface area contributed by atoms with Gasteiger partial charge in [-0.25, -0.2) is 9.78 Å². The molecule has 2 aromatic rings. The number of hydrogen-bond acceptors (Lipinski definition) is 5. The molecule has 0 aliphatic heterocycles. The summed E-state index contributed by atoms with van der Waals surface area (Å²) in [4.78, 5) is 15.1. The smallest absolute Gasteiger partial charge is 0.409 e. The van der Waals surface area contributed by atoms with E-state index >= 15 is 0 Å². The number of hydrogen-bond donors (Lipinski definition) is 0. The Kier molecular flexibility index (Phi) is 5.28. The highest BCUT2D eigenvalue weighted by molar-refractivity contribution is 6.61. The Morgan fingerprint density at radius 3 is 2.35 bits per heavy atom. The van der Waals surface area contributed by atoms with Crippen LogP contribution in [0.2, 0.25) is 5.02 Å². The van der Waals surface area contributed by atoms with Crippen LogP contribution in [0.25, 0.3) is 5.88 Å². The van der Waals surface area contributed by atoms with Gasteiger partial charge in [0.25, 0.3) is 5.88 Å². The lowest BCUT2D eigenvalue weighted by molar-refractivity contribution is 0.174. The van der Waals surface area contributed by atoms with Crippen LogP contribution >= 0.6 is 23.2 Å². The minimum Gasteiger partial charge on any atom is -0.436 e. The maximum atomic E-state index is 11.3. The molecule has 23 heavy (non-hydrogen) atoms. The van der Waals surface area contributed by atoms with Crippen LogP contribution < -0.4 is 4.74 Å². The molecule has 0 unspecified atom stereocenters. The SMILES string of the molecule is CC(C)(C)C(OC(=O)Cl)=C(Oc1ccc(Cl)cc1)n1cncn1. The maximum Gasteiger partial charge on any atom is 0.409 e. The van der Waals surface area contributed by atoms with Crippen LogP contribution in [0.4, 0.5) is 4.79 Å². The van der Waals surface area contributed by atoms with E-state index in [1.54, 1.807) is 24.3 Å². The van der Waals surface area contributed by atoms with E-state index in [9.17, 15) is 4.79 Å². The van der Waals surface area contributed by atoms with Crippen LogP contribution in [0.15, 0.2) is 42.7 Å². The molecule has 1 heterocycles. The molecule has 1 aromatic carbocycles. The molecule has 0 saturated carbocycles. The third-order valence-corrected chi connectivity index (χ3v) is 3.04. The van der Waals surface area contributed by atoms with Crippen molar-refractivity contribution in [1.82, 2.24) is 14.8 Å². The van der Waals surface area contributed by atoms with Crippen molar-refractivity contribution in [2.24, 2.45) is 5.41 Å². The van der Waals surface area contributed by atoms with E-state index < -0.39 is 10.8 Å². The quantitative estimate of drug-likeness (QED) is 0.594. The fourth-order valence-corrected chi connectivity index (χ4v) is 1.93. The van der Waals surface area contributed by atoms with Crippen molar-refractivity contribution in [3.05, 3.63) is 47.7 Å². The first kappa shape index (κ1) is 17.3. The molecule has 0 atom stereocenters. The number of carbonyl (C=O) groups is 1. The van der Waals surface area contributed by atoms with E-state index in [1.165, 1.54) is 17.3 Å². The van der Waals surface area contributed by atoms with Crippen molar-refractivity contribution < 1.29 is 14.3 Å². The first-order valence-electron chi connectivity index (χ1n) is 6.68. The molecule has 0 spiro atoms. The van der Waals surface area contributed by atoms with Crippen LogP contribution in [0, 0.1) is 5.41 Å². The molecule has 8 heteroatoms. The van der Waals surface area contributed by atoms with E-state index in [0.29, 0.717) is 10.8 Å². The van der Waals surface area contributed by atoms with Gasteiger partial charge in [0, 0.05) is 22.0 Å². The van der Waals surface area contributed by atoms with Gasteiger partial charge in [-0.1, -0.05) is 32.4 Å². The number of ether oxygens (including phenoxy) is 2. The Labute approximate surface area is 143 Å². The Bertz CT molecular complexity index is 705. The van der Waals surface area contributed by atoms with Crippen LogP contribution in [0.3, 0.4) is 0 Å². The van der Waals surface area contributed by atoms with Crippen molar-refractivity contribution in [3.63, 3.8) is 0 Å². The van der Waals surface area contributed by atoms with Gasteiger partial charge in [0.1, 0.15) is 18.4 Å². The summed E-state index contributed by atoms with van der Waals surface area (Å²) in [5, 5.41) is 4.61. The molecule has 0 aliphatic rings. The molecule has 1 aromatic heterocycles. The van der Waals surface area contributed by atoms with Crippen molar-refractivity contribution in [3.8, 4) is 5.75 Å². The molecule has 2 rings (SSSR count). The summed E-state index contributed by atoms with van der Waals surface area (Å²) in [6, 6.07) is 6.73. The summed E-state index contributed by atoms with van der Waals surface area (Å²) >= 11 is 11.3. The number of rotatable bonds is 4. The third kappa shape index (κ3) is 4.71. The average molecular weight is 356 g/mol. The Balaban J connectivity index is 2.53. The van der Waals surface area contributed by atoms with Gasteiger partial charge < -0.3 is 9.47 Å². The zero-order valence-corrected chi connectivity index (χ0v) is 14.3. The number of carbonyl (C=O) groups excluding carboxylic acids is 1. The van der Waals surface area contributed by atoms with Crippen LogP contribution in [0.5, 0.6) is 5.75 Å². The number of nitrogens with zero attached hydrogens (tertiary/aromatic N) is 3. The van der Waals surface area contributed by atoms with Crippen molar-refractivity contribution in [1.29, 1.82) is 0 Å². The summed E-state index contributed by atoms with van der Waals surface area (Å²) in [6.07, 6.45) is 2.77. The Morgan fingerprint density at radius 1 is 1.22 bits per heavy atom. The Hall–Kier alpha value is -2.05. The molecular formula is C15H15Cl2N3O3. The first-order chi connectivity index (χ1) is 10.8. The predicted molar refractivity (Wildman–Crippen MR) is 87.1 cm³/mol. The number of halogens is 2. The predicted octanol–water partition coefficient (Wildman–Crippen LogP) is 4.56. The average Bonchev–Trinajstić information content (AvgIpc) is 2.97. The molecule has 0 aliphatic carbocycles. The summed E-state index contributed by atoms with van der Waals surface area (Å²) in [6.45, 7) is 5.55. The lowest BCUT2D eigenvalue weighted by Crippen LogP contribution is -2.21. The summed E-state index contributed by atoms with van der Waals surface area (Å²) in [5.74, 6) is 0.900. The number of benzene rings is 1. The highest BCUT2D eigenvalue weighted by Crippen LogP contribution is 2.33. The number of allylic oxidation sites excluding steroid dienone is 1. The highest BCUT2D eigenvalue weighted by Gasteiger charge is 2.29. The van der Waals surface area contributed by atoms with Gasteiger partial charge in [-0.05, 0) is 24.3 Å². The van der Waals surface area contributed by atoms with Crippen molar-refractivity contribution in [2.45, 2.75) is 20.8 Å². The second-order valence-electron chi connectivity index (χ2n) is 5.62. The van der Waals surface area contributed by atoms with Gasteiger partial charge in [0.05, 0.1) is 0 Å². The van der Waals surface area contributed by atoms with Crippen LogP contribution in [0.1, 0.15) is 20.8 Å². The maximum absolute atomic E-state index is 11.3. The van der Waals surface area contributed by atoms with Crippen molar-refractivity contribution in [2.75, 3.05) is 0 Å². The van der Waals surface area contributed by atoms with E-state index in [1.807, 2.05) is 20.8 Å². The normalized spacial score (nSPS) is 12.6.